The van der Waals surface area contributed by atoms with Crippen LogP contribution in [0.3, 0.4) is 0 Å². The summed E-state index contributed by atoms with van der Waals surface area (Å²) in [6.45, 7) is 5.63. The lowest BCUT2D eigenvalue weighted by Gasteiger charge is -2.32. The van der Waals surface area contributed by atoms with Gasteiger partial charge in [0.1, 0.15) is 0 Å². The number of carbonyl (C=O) groups excluding carboxylic acids is 2. The first kappa shape index (κ1) is 19.9. The van der Waals surface area contributed by atoms with Crippen molar-refractivity contribution in [2.75, 3.05) is 19.6 Å². The van der Waals surface area contributed by atoms with Crippen molar-refractivity contribution in [2.24, 2.45) is 5.92 Å². The molecule has 0 unspecified atom stereocenters. The third kappa shape index (κ3) is 6.08. The van der Waals surface area contributed by atoms with Gasteiger partial charge in [0.25, 0.3) is 0 Å². The van der Waals surface area contributed by atoms with E-state index in [2.05, 4.69) is 10.6 Å². The lowest BCUT2D eigenvalue weighted by atomic mass is 9.96. The van der Waals surface area contributed by atoms with Gasteiger partial charge >= 0.3 is 6.03 Å². The van der Waals surface area contributed by atoms with E-state index in [9.17, 15) is 9.59 Å². The highest BCUT2D eigenvalue weighted by molar-refractivity contribution is 6.35. The summed E-state index contributed by atoms with van der Waals surface area (Å²) in [6.07, 6.45) is 2.05. The molecule has 1 saturated heterocycles. The molecule has 3 amide bonds. The summed E-state index contributed by atoms with van der Waals surface area (Å²) in [7, 11) is 0. The normalized spacial score (nSPS) is 15.3. The maximum atomic E-state index is 12.3. The van der Waals surface area contributed by atoms with Crippen molar-refractivity contribution in [3.63, 3.8) is 0 Å². The first-order chi connectivity index (χ1) is 11.9. The fraction of sp³-hybridized carbons (Fsp3) is 0.556. The van der Waals surface area contributed by atoms with E-state index in [0.717, 1.165) is 5.56 Å². The van der Waals surface area contributed by atoms with Gasteiger partial charge < -0.3 is 15.5 Å². The standard InChI is InChI=1S/C18H25Cl2N3O2/c1-12(2)22-18(25)23-9-6-14(7-10-23)17(24)21-8-5-13-3-4-15(19)11-16(13)20/h3-4,11-12,14H,5-10H2,1-2H3,(H,21,24)(H,22,25). The monoisotopic (exact) mass is 385 g/mol. The van der Waals surface area contributed by atoms with Crippen LogP contribution in [-0.2, 0) is 11.2 Å². The van der Waals surface area contributed by atoms with Crippen LogP contribution in [0.1, 0.15) is 32.3 Å². The molecule has 1 aliphatic heterocycles. The van der Waals surface area contributed by atoms with Gasteiger partial charge in [0.2, 0.25) is 5.91 Å². The zero-order valence-corrected chi connectivity index (χ0v) is 16.2. The van der Waals surface area contributed by atoms with Gasteiger partial charge in [0, 0.05) is 41.6 Å². The highest BCUT2D eigenvalue weighted by Crippen LogP contribution is 2.21. The number of nitrogens with one attached hydrogen (secondary N) is 2. The fourth-order valence-corrected chi connectivity index (χ4v) is 3.38. The molecule has 0 aromatic heterocycles. The lowest BCUT2D eigenvalue weighted by molar-refractivity contribution is -0.126. The van der Waals surface area contributed by atoms with Gasteiger partial charge in [0.15, 0.2) is 0 Å². The zero-order valence-electron chi connectivity index (χ0n) is 14.6. The van der Waals surface area contributed by atoms with E-state index in [4.69, 9.17) is 23.2 Å². The summed E-state index contributed by atoms with van der Waals surface area (Å²) in [5, 5.41) is 7.07. The average molecular weight is 386 g/mol. The maximum Gasteiger partial charge on any atom is 0.317 e. The quantitative estimate of drug-likeness (QED) is 0.814. The van der Waals surface area contributed by atoms with Crippen LogP contribution in [0.25, 0.3) is 0 Å². The van der Waals surface area contributed by atoms with Gasteiger partial charge in [-0.3, -0.25) is 4.79 Å². The summed E-state index contributed by atoms with van der Waals surface area (Å²) in [4.78, 5) is 26.0. The number of piperidine rings is 1. The van der Waals surface area contributed by atoms with E-state index < -0.39 is 0 Å². The van der Waals surface area contributed by atoms with Gasteiger partial charge in [-0.15, -0.1) is 0 Å². The Kier molecular flexibility index (Phi) is 7.38. The van der Waals surface area contributed by atoms with Crippen molar-refractivity contribution in [3.05, 3.63) is 33.8 Å². The van der Waals surface area contributed by atoms with Crippen molar-refractivity contribution in [1.82, 2.24) is 15.5 Å². The molecular formula is C18H25Cl2N3O2. The second-order valence-corrected chi connectivity index (χ2v) is 7.49. The fourth-order valence-electron chi connectivity index (χ4n) is 2.87. The summed E-state index contributed by atoms with van der Waals surface area (Å²) >= 11 is 12.0. The minimum Gasteiger partial charge on any atom is -0.356 e. The molecule has 1 aliphatic rings. The molecule has 0 spiro atoms. The largest absolute Gasteiger partial charge is 0.356 e. The first-order valence-corrected chi connectivity index (χ1v) is 9.39. The highest BCUT2D eigenvalue weighted by Gasteiger charge is 2.27. The van der Waals surface area contributed by atoms with Gasteiger partial charge in [-0.1, -0.05) is 29.3 Å². The lowest BCUT2D eigenvalue weighted by Crippen LogP contribution is -2.48. The Morgan fingerprint density at radius 1 is 1.24 bits per heavy atom. The van der Waals surface area contributed by atoms with Crippen LogP contribution in [-0.4, -0.2) is 42.5 Å². The van der Waals surface area contributed by atoms with Crippen LogP contribution >= 0.6 is 23.2 Å². The summed E-state index contributed by atoms with van der Waals surface area (Å²) in [5.41, 5.74) is 0.964. The molecule has 138 valence electrons. The van der Waals surface area contributed by atoms with Crippen LogP contribution in [0, 0.1) is 5.92 Å². The van der Waals surface area contributed by atoms with Crippen molar-refractivity contribution in [2.45, 2.75) is 39.2 Å². The highest BCUT2D eigenvalue weighted by atomic mass is 35.5. The molecule has 1 aromatic carbocycles. The Balaban J connectivity index is 1.73. The number of benzene rings is 1. The second kappa shape index (κ2) is 9.30. The molecule has 1 aromatic rings. The van der Waals surface area contributed by atoms with Gasteiger partial charge in [-0.05, 0) is 50.8 Å². The van der Waals surface area contributed by atoms with Crippen LogP contribution in [0.5, 0.6) is 0 Å². The van der Waals surface area contributed by atoms with E-state index in [1.54, 1.807) is 17.0 Å². The third-order valence-electron chi connectivity index (χ3n) is 4.27. The molecule has 2 rings (SSSR count). The Morgan fingerprint density at radius 2 is 1.92 bits per heavy atom. The second-order valence-electron chi connectivity index (χ2n) is 6.64. The Hall–Kier alpha value is -1.46. The number of likely N-dealkylation sites (tertiary alicyclic amines) is 1. The molecule has 2 N–H and O–H groups in total. The molecule has 1 fully saturated rings. The van der Waals surface area contributed by atoms with Crippen LogP contribution in [0.4, 0.5) is 4.79 Å². The number of rotatable bonds is 5. The van der Waals surface area contributed by atoms with Crippen molar-refractivity contribution < 1.29 is 9.59 Å². The van der Waals surface area contributed by atoms with Crippen LogP contribution < -0.4 is 10.6 Å². The average Bonchev–Trinajstić information content (AvgIpc) is 2.56. The van der Waals surface area contributed by atoms with Gasteiger partial charge in [0.05, 0.1) is 0 Å². The third-order valence-corrected chi connectivity index (χ3v) is 4.86. The number of hydrogen-bond donors (Lipinski definition) is 2. The molecular weight excluding hydrogens is 361 g/mol. The Bertz CT molecular complexity index is 614. The molecule has 5 nitrogen and oxygen atoms in total. The van der Waals surface area contributed by atoms with Gasteiger partial charge in [-0.2, -0.15) is 0 Å². The first-order valence-electron chi connectivity index (χ1n) is 8.64. The predicted octanol–water partition coefficient (Wildman–Crippen LogP) is 3.48. The number of amides is 3. The number of hydrogen-bond acceptors (Lipinski definition) is 2. The van der Waals surface area contributed by atoms with Crippen LogP contribution in [0.2, 0.25) is 10.0 Å². The van der Waals surface area contributed by atoms with Crippen molar-refractivity contribution in [3.8, 4) is 0 Å². The molecule has 1 heterocycles. The molecule has 0 atom stereocenters. The van der Waals surface area contributed by atoms with E-state index in [1.165, 1.54) is 0 Å². The molecule has 0 aliphatic carbocycles. The summed E-state index contributed by atoms with van der Waals surface area (Å²) in [5.74, 6) is 0.0118. The van der Waals surface area contributed by atoms with E-state index in [-0.39, 0.29) is 23.9 Å². The van der Waals surface area contributed by atoms with Crippen molar-refractivity contribution in [1.29, 1.82) is 0 Å². The minimum absolute atomic E-state index is 0.0382. The van der Waals surface area contributed by atoms with Crippen LogP contribution in [0.15, 0.2) is 18.2 Å². The number of urea groups is 1. The van der Waals surface area contributed by atoms with E-state index in [1.807, 2.05) is 19.9 Å². The molecule has 0 bridgehead atoms. The summed E-state index contributed by atoms with van der Waals surface area (Å²) < 4.78 is 0. The zero-order chi connectivity index (χ0) is 18.4. The Morgan fingerprint density at radius 3 is 2.52 bits per heavy atom. The Labute approximate surface area is 159 Å². The summed E-state index contributed by atoms with van der Waals surface area (Å²) in [6, 6.07) is 5.45. The predicted molar refractivity (Wildman–Crippen MR) is 101 cm³/mol. The number of halogens is 2. The number of carbonyl (C=O) groups is 2. The van der Waals surface area contributed by atoms with Crippen molar-refractivity contribution >= 4 is 35.1 Å². The smallest absolute Gasteiger partial charge is 0.317 e. The molecule has 7 heteroatoms. The SMILES string of the molecule is CC(C)NC(=O)N1CCC(C(=O)NCCc2ccc(Cl)cc2Cl)CC1. The van der Waals surface area contributed by atoms with E-state index >= 15 is 0 Å². The number of nitrogens with zero attached hydrogens (tertiary/aromatic N) is 1. The molecule has 25 heavy (non-hydrogen) atoms. The topological polar surface area (TPSA) is 61.4 Å². The minimum atomic E-state index is -0.0498. The molecule has 0 saturated carbocycles. The van der Waals surface area contributed by atoms with E-state index in [0.29, 0.717) is 48.9 Å². The molecule has 0 radical (unpaired) electrons. The van der Waals surface area contributed by atoms with Gasteiger partial charge in [-0.25, -0.2) is 4.79 Å². The maximum absolute atomic E-state index is 12.3.